The molecule has 1 heterocycles. The number of rotatable bonds is 4. The molecule has 1 aliphatic heterocycles. The molecule has 0 amide bonds. The highest BCUT2D eigenvalue weighted by atomic mass is 16.6. The maximum atomic E-state index is 5.11. The van der Waals surface area contributed by atoms with Crippen LogP contribution < -0.4 is 5.32 Å². The van der Waals surface area contributed by atoms with Gasteiger partial charge in [0.15, 0.2) is 0 Å². The lowest BCUT2D eigenvalue weighted by atomic mass is 10.1. The molecular weight excluding hydrogens is 162 g/mol. The second kappa shape index (κ2) is 3.79. The van der Waals surface area contributed by atoms with Crippen molar-refractivity contribution in [2.24, 2.45) is 0 Å². The number of benzene rings is 1. The third kappa shape index (κ3) is 2.46. The lowest BCUT2D eigenvalue weighted by molar-refractivity contribution is 0.417. The van der Waals surface area contributed by atoms with Crippen LogP contribution in [0.3, 0.4) is 0 Å². The van der Waals surface area contributed by atoms with Crippen LogP contribution in [0.25, 0.3) is 0 Å². The van der Waals surface area contributed by atoms with E-state index in [1.807, 2.05) is 0 Å². The molecule has 1 fully saturated rings. The minimum atomic E-state index is 0.450. The van der Waals surface area contributed by atoms with E-state index < -0.39 is 0 Å². The first-order valence-electron chi connectivity index (χ1n) is 4.83. The van der Waals surface area contributed by atoms with Crippen molar-refractivity contribution in [3.63, 3.8) is 0 Å². The van der Waals surface area contributed by atoms with Crippen LogP contribution in [-0.4, -0.2) is 19.3 Å². The number of anilines is 1. The van der Waals surface area contributed by atoms with Gasteiger partial charge < -0.3 is 10.1 Å². The molecule has 0 spiro atoms. The summed E-state index contributed by atoms with van der Waals surface area (Å²) in [4.78, 5) is 0. The standard InChI is InChI=1S/C11H15NO/c1-2-9-3-5-10(6-4-9)12-7-11-8-13-11/h3-6,11-12H,2,7-8H2,1H3. The van der Waals surface area contributed by atoms with Gasteiger partial charge in [0.1, 0.15) is 0 Å². The van der Waals surface area contributed by atoms with Crippen molar-refractivity contribution in [1.29, 1.82) is 0 Å². The fourth-order valence-corrected chi connectivity index (χ4v) is 1.28. The van der Waals surface area contributed by atoms with Gasteiger partial charge >= 0.3 is 0 Å². The van der Waals surface area contributed by atoms with Gasteiger partial charge in [-0.3, -0.25) is 0 Å². The molecule has 1 unspecified atom stereocenters. The van der Waals surface area contributed by atoms with Crippen molar-refractivity contribution in [2.75, 3.05) is 18.5 Å². The molecule has 2 nitrogen and oxygen atoms in total. The van der Waals surface area contributed by atoms with Gasteiger partial charge in [0.25, 0.3) is 0 Å². The van der Waals surface area contributed by atoms with Gasteiger partial charge in [0.2, 0.25) is 0 Å². The monoisotopic (exact) mass is 177 g/mol. The van der Waals surface area contributed by atoms with Gasteiger partial charge in [-0.25, -0.2) is 0 Å². The first-order valence-corrected chi connectivity index (χ1v) is 4.83. The Morgan fingerprint density at radius 3 is 2.62 bits per heavy atom. The van der Waals surface area contributed by atoms with Crippen molar-refractivity contribution in [2.45, 2.75) is 19.4 Å². The summed E-state index contributed by atoms with van der Waals surface area (Å²) in [7, 11) is 0. The molecule has 1 N–H and O–H groups in total. The molecule has 70 valence electrons. The van der Waals surface area contributed by atoms with Crippen LogP contribution in [0, 0.1) is 0 Å². The quantitative estimate of drug-likeness (QED) is 0.712. The Morgan fingerprint density at radius 1 is 1.38 bits per heavy atom. The van der Waals surface area contributed by atoms with E-state index in [1.165, 1.54) is 11.3 Å². The fraction of sp³-hybridized carbons (Fsp3) is 0.455. The molecule has 0 saturated carbocycles. The zero-order valence-electron chi connectivity index (χ0n) is 7.92. The smallest absolute Gasteiger partial charge is 0.0981 e. The summed E-state index contributed by atoms with van der Waals surface area (Å²) >= 11 is 0. The van der Waals surface area contributed by atoms with Gasteiger partial charge in [-0.1, -0.05) is 19.1 Å². The Kier molecular flexibility index (Phi) is 2.50. The predicted octanol–water partition coefficient (Wildman–Crippen LogP) is 2.06. The molecule has 0 bridgehead atoms. The molecule has 0 aromatic heterocycles. The Hall–Kier alpha value is -1.02. The molecule has 1 aromatic carbocycles. The van der Waals surface area contributed by atoms with Crippen LogP contribution in [0.2, 0.25) is 0 Å². The van der Waals surface area contributed by atoms with E-state index in [1.54, 1.807) is 0 Å². The third-order valence-electron chi connectivity index (χ3n) is 2.30. The van der Waals surface area contributed by atoms with Crippen molar-refractivity contribution < 1.29 is 4.74 Å². The van der Waals surface area contributed by atoms with Crippen molar-refractivity contribution in [1.82, 2.24) is 0 Å². The molecule has 2 rings (SSSR count). The Balaban J connectivity index is 1.88. The summed E-state index contributed by atoms with van der Waals surface area (Å²) in [5.74, 6) is 0. The minimum Gasteiger partial charge on any atom is -0.382 e. The normalized spacial score (nSPS) is 19.9. The molecular formula is C11H15NO. The van der Waals surface area contributed by atoms with Crippen LogP contribution in [0.15, 0.2) is 24.3 Å². The Bertz CT molecular complexity index is 264. The predicted molar refractivity (Wildman–Crippen MR) is 54.0 cm³/mol. The van der Waals surface area contributed by atoms with Gasteiger partial charge in [-0.2, -0.15) is 0 Å². The minimum absolute atomic E-state index is 0.450. The zero-order chi connectivity index (χ0) is 9.10. The summed E-state index contributed by atoms with van der Waals surface area (Å²) in [5, 5.41) is 3.33. The molecule has 1 aromatic rings. The van der Waals surface area contributed by atoms with Gasteiger partial charge in [0, 0.05) is 12.2 Å². The molecule has 1 atom stereocenters. The second-order valence-electron chi connectivity index (χ2n) is 3.39. The molecule has 13 heavy (non-hydrogen) atoms. The highest BCUT2D eigenvalue weighted by molar-refractivity contribution is 5.44. The number of ether oxygens (including phenoxy) is 1. The fourth-order valence-electron chi connectivity index (χ4n) is 1.28. The van der Waals surface area contributed by atoms with Crippen LogP contribution in [0.5, 0.6) is 0 Å². The third-order valence-corrected chi connectivity index (χ3v) is 2.30. The van der Waals surface area contributed by atoms with Gasteiger partial charge in [-0.05, 0) is 24.1 Å². The average molecular weight is 177 g/mol. The van der Waals surface area contributed by atoms with Crippen molar-refractivity contribution in [3.8, 4) is 0 Å². The second-order valence-corrected chi connectivity index (χ2v) is 3.39. The van der Waals surface area contributed by atoms with Crippen LogP contribution in [0.4, 0.5) is 5.69 Å². The van der Waals surface area contributed by atoms with E-state index in [4.69, 9.17) is 4.74 Å². The van der Waals surface area contributed by atoms with E-state index in [-0.39, 0.29) is 0 Å². The van der Waals surface area contributed by atoms with E-state index in [9.17, 15) is 0 Å². The number of aryl methyl sites for hydroxylation is 1. The molecule has 2 heteroatoms. The Morgan fingerprint density at radius 2 is 2.08 bits per heavy atom. The molecule has 1 saturated heterocycles. The number of nitrogens with one attached hydrogen (secondary N) is 1. The highest BCUT2D eigenvalue weighted by Crippen LogP contribution is 2.13. The lowest BCUT2D eigenvalue weighted by Gasteiger charge is -2.04. The summed E-state index contributed by atoms with van der Waals surface area (Å²) < 4.78 is 5.11. The van der Waals surface area contributed by atoms with E-state index in [0.29, 0.717) is 6.10 Å². The van der Waals surface area contributed by atoms with Gasteiger partial charge in [0.05, 0.1) is 12.7 Å². The number of hydrogen-bond donors (Lipinski definition) is 1. The van der Waals surface area contributed by atoms with E-state index >= 15 is 0 Å². The number of hydrogen-bond acceptors (Lipinski definition) is 2. The molecule has 0 radical (unpaired) electrons. The maximum Gasteiger partial charge on any atom is 0.0981 e. The van der Waals surface area contributed by atoms with Gasteiger partial charge in [-0.15, -0.1) is 0 Å². The number of epoxide rings is 1. The van der Waals surface area contributed by atoms with Crippen LogP contribution >= 0.6 is 0 Å². The summed E-state index contributed by atoms with van der Waals surface area (Å²) in [6.07, 6.45) is 1.55. The van der Waals surface area contributed by atoms with E-state index in [0.717, 1.165) is 19.6 Å². The van der Waals surface area contributed by atoms with Crippen LogP contribution in [0.1, 0.15) is 12.5 Å². The highest BCUT2D eigenvalue weighted by Gasteiger charge is 2.21. The largest absolute Gasteiger partial charge is 0.382 e. The molecule has 1 aliphatic rings. The van der Waals surface area contributed by atoms with Crippen molar-refractivity contribution >= 4 is 5.69 Å². The average Bonchev–Trinajstić information content (AvgIpc) is 2.99. The van der Waals surface area contributed by atoms with E-state index in [2.05, 4.69) is 36.5 Å². The maximum absolute atomic E-state index is 5.11. The first-order chi connectivity index (χ1) is 6.38. The Labute approximate surface area is 78.9 Å². The summed E-state index contributed by atoms with van der Waals surface area (Å²) in [6, 6.07) is 8.58. The first kappa shape index (κ1) is 8.57. The lowest BCUT2D eigenvalue weighted by Crippen LogP contribution is -2.07. The molecule has 0 aliphatic carbocycles. The summed E-state index contributed by atoms with van der Waals surface area (Å²) in [5.41, 5.74) is 2.57. The van der Waals surface area contributed by atoms with Crippen molar-refractivity contribution in [3.05, 3.63) is 29.8 Å². The van der Waals surface area contributed by atoms with Crippen LogP contribution in [-0.2, 0) is 11.2 Å². The zero-order valence-corrected chi connectivity index (χ0v) is 7.92. The topological polar surface area (TPSA) is 24.6 Å². The summed E-state index contributed by atoms with van der Waals surface area (Å²) in [6.45, 7) is 4.02. The SMILES string of the molecule is CCc1ccc(NCC2CO2)cc1.